The van der Waals surface area contributed by atoms with Gasteiger partial charge in [0.05, 0.1) is 35.7 Å². The van der Waals surface area contributed by atoms with Crippen LogP contribution < -0.4 is 61.9 Å². The third-order valence-corrected chi connectivity index (χ3v) is 7.65. The normalized spacial score (nSPS) is 16.2. The minimum absolute atomic E-state index is 0. The number of hydrogen-bond acceptors (Lipinski definition) is 10. The fourth-order valence-electron chi connectivity index (χ4n) is 5.34. The standard InChI is InChI=1S/C32H26N4O8.K.H/c1-3-42-31-33-24-10-6-9-22(30(40)43-16-23-17(2)26(37)28(39)27(23)38)25(24)36(31)15-18-11-13-19(14-12-18)20-7-4-5-8-21(20)29-34-32(41)44-35-29;;/h4-14,17,23H,3,15-16H2,1-2H3,(H,34,35,41);;/q;+1;-1. The van der Waals surface area contributed by atoms with Gasteiger partial charge in [-0.15, -0.1) is 0 Å². The number of ether oxygens (including phenoxy) is 2. The zero-order valence-corrected chi connectivity index (χ0v) is 27.9. The van der Waals surface area contributed by atoms with E-state index >= 15 is 0 Å². The molecule has 2 atom stereocenters. The van der Waals surface area contributed by atoms with Crippen molar-refractivity contribution >= 4 is 34.4 Å². The maximum absolute atomic E-state index is 13.3. The van der Waals surface area contributed by atoms with Gasteiger partial charge in [0.2, 0.25) is 11.6 Å². The van der Waals surface area contributed by atoms with Crippen LogP contribution in [0.4, 0.5) is 0 Å². The van der Waals surface area contributed by atoms with Gasteiger partial charge in [-0.2, -0.15) is 4.98 Å². The van der Waals surface area contributed by atoms with Gasteiger partial charge >= 0.3 is 63.1 Å². The molecule has 1 fully saturated rings. The summed E-state index contributed by atoms with van der Waals surface area (Å²) in [7, 11) is 0. The molecule has 2 unspecified atom stereocenters. The Labute approximate surface area is 300 Å². The summed E-state index contributed by atoms with van der Waals surface area (Å²) in [5.41, 5.74) is 4.49. The van der Waals surface area contributed by atoms with E-state index in [1.54, 1.807) is 22.8 Å². The predicted molar refractivity (Wildman–Crippen MR) is 157 cm³/mol. The topological polar surface area (TPSA) is 163 Å². The molecule has 5 aromatic rings. The average molecular weight is 635 g/mol. The molecule has 0 bridgehead atoms. The van der Waals surface area contributed by atoms with Crippen LogP contribution in [-0.2, 0) is 25.7 Å². The van der Waals surface area contributed by atoms with Crippen LogP contribution >= 0.6 is 0 Å². The number of aromatic nitrogens is 4. The quantitative estimate of drug-likeness (QED) is 0.139. The number of H-pyrrole nitrogens is 1. The van der Waals surface area contributed by atoms with Crippen molar-refractivity contribution in [1.29, 1.82) is 0 Å². The zero-order chi connectivity index (χ0) is 31.0. The second-order valence-corrected chi connectivity index (χ2v) is 10.3. The summed E-state index contributed by atoms with van der Waals surface area (Å²) in [6, 6.07) is 20.5. The molecule has 3 aromatic carbocycles. The molecule has 13 heteroatoms. The number of imidazole rings is 1. The van der Waals surface area contributed by atoms with E-state index in [0.29, 0.717) is 41.6 Å². The molecule has 2 heterocycles. The van der Waals surface area contributed by atoms with E-state index in [9.17, 15) is 24.0 Å². The molecule has 1 saturated carbocycles. The van der Waals surface area contributed by atoms with Crippen LogP contribution in [0.25, 0.3) is 33.5 Å². The fourth-order valence-corrected chi connectivity index (χ4v) is 5.34. The number of Topliss-reactive ketones (excluding diaryl/α,β-unsaturated/α-hetero) is 3. The molecule has 6 rings (SSSR count). The van der Waals surface area contributed by atoms with E-state index in [2.05, 4.69) is 19.6 Å². The van der Waals surface area contributed by atoms with E-state index in [1.807, 2.05) is 55.5 Å². The first kappa shape index (κ1) is 32.4. The molecule has 1 aliphatic carbocycles. The van der Waals surface area contributed by atoms with E-state index in [0.717, 1.165) is 16.7 Å². The third-order valence-electron chi connectivity index (χ3n) is 7.65. The Morgan fingerprint density at radius 2 is 1.71 bits per heavy atom. The molecule has 0 radical (unpaired) electrons. The number of benzene rings is 3. The van der Waals surface area contributed by atoms with Crippen molar-refractivity contribution < 1.29 is 86.0 Å². The van der Waals surface area contributed by atoms with E-state index in [1.165, 1.54) is 6.92 Å². The number of para-hydroxylation sites is 1. The van der Waals surface area contributed by atoms with Gasteiger partial charge in [-0.25, -0.2) is 9.59 Å². The maximum Gasteiger partial charge on any atom is 1.00 e. The Kier molecular flexibility index (Phi) is 9.75. The molecule has 45 heavy (non-hydrogen) atoms. The number of esters is 1. The fraction of sp³-hybridized carbons (Fsp3) is 0.219. The summed E-state index contributed by atoms with van der Waals surface area (Å²) in [4.78, 5) is 67.9. The smallest absolute Gasteiger partial charge is 1.00 e. The molecule has 0 aliphatic heterocycles. The van der Waals surface area contributed by atoms with Crippen LogP contribution in [0.5, 0.6) is 6.01 Å². The van der Waals surface area contributed by atoms with Crippen LogP contribution in [0.3, 0.4) is 0 Å². The summed E-state index contributed by atoms with van der Waals surface area (Å²) in [5, 5.41) is 3.82. The molecule has 0 spiro atoms. The first-order valence-corrected chi connectivity index (χ1v) is 13.9. The molecule has 0 saturated heterocycles. The van der Waals surface area contributed by atoms with Gasteiger partial charge in [0.25, 0.3) is 11.8 Å². The Morgan fingerprint density at radius 3 is 2.36 bits per heavy atom. The molecule has 1 aliphatic rings. The van der Waals surface area contributed by atoms with Crippen molar-refractivity contribution in [3.05, 3.63) is 88.4 Å². The number of ketones is 3. The van der Waals surface area contributed by atoms with Gasteiger partial charge in [-0.3, -0.25) is 28.5 Å². The second kappa shape index (κ2) is 13.5. The van der Waals surface area contributed by atoms with E-state index in [-0.39, 0.29) is 65.0 Å². The number of carbonyl (C=O) groups excluding carboxylic acids is 4. The maximum atomic E-state index is 13.3. The van der Waals surface area contributed by atoms with E-state index < -0.39 is 40.9 Å². The molecular weight excluding hydrogens is 607 g/mol. The largest absolute Gasteiger partial charge is 1.00 e. The number of carbonyl (C=O) groups is 4. The first-order chi connectivity index (χ1) is 21.3. The summed E-state index contributed by atoms with van der Waals surface area (Å²) in [6.45, 7) is 3.56. The van der Waals surface area contributed by atoms with Crippen LogP contribution in [0, 0.1) is 11.8 Å². The Hall–Kier alpha value is -4.01. The summed E-state index contributed by atoms with van der Waals surface area (Å²) in [6.07, 6.45) is 0. The summed E-state index contributed by atoms with van der Waals surface area (Å²) < 4.78 is 17.7. The molecular formula is C32H27KN4O8. The molecule has 0 amide bonds. The average Bonchev–Trinajstić information content (AvgIpc) is 3.68. The Balaban J connectivity index is 0.00000240. The Morgan fingerprint density at radius 1 is 0.978 bits per heavy atom. The zero-order valence-electron chi connectivity index (χ0n) is 25.7. The van der Waals surface area contributed by atoms with E-state index in [4.69, 9.17) is 9.47 Å². The molecule has 224 valence electrons. The summed E-state index contributed by atoms with van der Waals surface area (Å²) in [5.74, 6) is -5.54. The van der Waals surface area contributed by atoms with Crippen LogP contribution in [0.15, 0.2) is 76.0 Å². The van der Waals surface area contributed by atoms with Gasteiger partial charge in [0, 0.05) is 11.5 Å². The minimum atomic E-state index is -1.05. The van der Waals surface area contributed by atoms with Gasteiger partial charge in [-0.05, 0) is 35.7 Å². The second-order valence-electron chi connectivity index (χ2n) is 10.3. The SMILES string of the molecule is CCOc1nc2cccc(C(=O)OCC3C(=O)C(=O)C(=O)C3C)c2n1Cc1ccc(-c2ccccc2-c2noc(=O)[nH]2)cc1.[H-].[K+]. The molecule has 2 aromatic heterocycles. The minimum Gasteiger partial charge on any atom is -1.00 e. The van der Waals surface area contributed by atoms with Crippen molar-refractivity contribution in [3.63, 3.8) is 0 Å². The van der Waals surface area contributed by atoms with Crippen molar-refractivity contribution in [2.45, 2.75) is 20.4 Å². The van der Waals surface area contributed by atoms with Crippen LogP contribution in [-0.4, -0.2) is 56.2 Å². The van der Waals surface area contributed by atoms with Crippen molar-refractivity contribution in [2.24, 2.45) is 11.8 Å². The number of rotatable bonds is 9. The number of fused-ring (bicyclic) bond motifs is 1. The first-order valence-electron chi connectivity index (χ1n) is 13.9. The predicted octanol–water partition coefficient (Wildman–Crippen LogP) is 0.740. The summed E-state index contributed by atoms with van der Waals surface area (Å²) >= 11 is 0. The van der Waals surface area contributed by atoms with Gasteiger partial charge in [-0.1, -0.05) is 66.7 Å². The third kappa shape index (κ3) is 6.26. The van der Waals surface area contributed by atoms with Gasteiger partial charge in [0.15, 0.2) is 5.82 Å². The van der Waals surface area contributed by atoms with Crippen molar-refractivity contribution in [1.82, 2.24) is 19.7 Å². The Bertz CT molecular complexity index is 2000. The van der Waals surface area contributed by atoms with Crippen molar-refractivity contribution in [2.75, 3.05) is 13.2 Å². The number of hydrogen-bond donors (Lipinski definition) is 1. The van der Waals surface area contributed by atoms with Crippen LogP contribution in [0.1, 0.15) is 31.2 Å². The van der Waals surface area contributed by atoms with Gasteiger partial charge in [0.1, 0.15) is 6.61 Å². The van der Waals surface area contributed by atoms with Crippen molar-refractivity contribution in [3.8, 4) is 28.5 Å². The van der Waals surface area contributed by atoms with Gasteiger partial charge < -0.3 is 10.9 Å². The monoisotopic (exact) mass is 634 g/mol. The number of nitrogens with zero attached hydrogens (tertiary/aromatic N) is 3. The van der Waals surface area contributed by atoms with Crippen LogP contribution in [0.2, 0.25) is 0 Å². The number of aromatic amines is 1. The number of nitrogens with one attached hydrogen (secondary N) is 1. The molecule has 12 nitrogen and oxygen atoms in total. The molecule has 1 N–H and O–H groups in total.